The Morgan fingerprint density at radius 1 is 0.667 bits per heavy atom. The van der Waals surface area contributed by atoms with E-state index < -0.39 is 0 Å². The molecule has 2 saturated heterocycles. The number of ether oxygens (including phenoxy) is 1. The fourth-order valence-electron chi connectivity index (χ4n) is 4.27. The summed E-state index contributed by atoms with van der Waals surface area (Å²) >= 11 is 0. The Hall–Kier alpha value is -0.120. The molecule has 2 fully saturated rings. The lowest BCUT2D eigenvalue weighted by atomic mass is 9.98. The molecular formula is C18H36N2O. The van der Waals surface area contributed by atoms with Crippen LogP contribution < -0.4 is 0 Å². The third-order valence-electron chi connectivity index (χ3n) is 5.74. The molecule has 0 aromatic carbocycles. The van der Waals surface area contributed by atoms with Crippen LogP contribution in [0.3, 0.4) is 0 Å². The number of hydrogen-bond donors (Lipinski definition) is 0. The standard InChI is InChI=1S/C18H36N2O/c1-15-7-5-8-16(2)19(15)11-13-21-14-12-20-17(3)9-6-10-18(20)4/h15-18H,5-14H2,1-4H3. The Morgan fingerprint density at radius 2 is 1.00 bits per heavy atom. The zero-order valence-corrected chi connectivity index (χ0v) is 14.7. The molecule has 4 atom stereocenters. The molecule has 3 nitrogen and oxygen atoms in total. The van der Waals surface area contributed by atoms with E-state index in [-0.39, 0.29) is 0 Å². The molecule has 0 aromatic heterocycles. The Bertz CT molecular complexity index is 249. The second-order valence-electron chi connectivity index (χ2n) is 7.35. The summed E-state index contributed by atoms with van der Waals surface area (Å²) in [7, 11) is 0. The Kier molecular flexibility index (Phi) is 6.97. The van der Waals surface area contributed by atoms with Crippen molar-refractivity contribution < 1.29 is 4.74 Å². The molecule has 0 saturated carbocycles. The van der Waals surface area contributed by atoms with Gasteiger partial charge in [-0.2, -0.15) is 0 Å². The molecule has 3 heteroatoms. The maximum Gasteiger partial charge on any atom is 0.0594 e. The highest BCUT2D eigenvalue weighted by Crippen LogP contribution is 2.23. The first-order valence-corrected chi connectivity index (χ1v) is 9.18. The summed E-state index contributed by atoms with van der Waals surface area (Å²) in [5.74, 6) is 0. The van der Waals surface area contributed by atoms with E-state index in [1.807, 2.05) is 0 Å². The van der Waals surface area contributed by atoms with E-state index in [1.54, 1.807) is 0 Å². The topological polar surface area (TPSA) is 15.7 Å². The van der Waals surface area contributed by atoms with Crippen molar-refractivity contribution in [1.82, 2.24) is 9.80 Å². The number of piperidine rings is 2. The predicted octanol–water partition coefficient (Wildman–Crippen LogP) is 3.53. The van der Waals surface area contributed by atoms with Crippen molar-refractivity contribution in [2.75, 3.05) is 26.3 Å². The van der Waals surface area contributed by atoms with Gasteiger partial charge >= 0.3 is 0 Å². The summed E-state index contributed by atoms with van der Waals surface area (Å²) in [5, 5.41) is 0. The van der Waals surface area contributed by atoms with E-state index in [2.05, 4.69) is 37.5 Å². The van der Waals surface area contributed by atoms with Crippen LogP contribution in [0.25, 0.3) is 0 Å². The largest absolute Gasteiger partial charge is 0.379 e. The molecule has 0 N–H and O–H groups in total. The molecule has 124 valence electrons. The van der Waals surface area contributed by atoms with Crippen molar-refractivity contribution >= 4 is 0 Å². The van der Waals surface area contributed by atoms with E-state index in [0.717, 1.165) is 50.5 Å². The first-order chi connectivity index (χ1) is 10.1. The lowest BCUT2D eigenvalue weighted by Crippen LogP contribution is -2.46. The summed E-state index contributed by atoms with van der Waals surface area (Å²) in [6.45, 7) is 13.5. The van der Waals surface area contributed by atoms with E-state index in [9.17, 15) is 0 Å². The van der Waals surface area contributed by atoms with Gasteiger partial charge in [-0.3, -0.25) is 9.80 Å². The Balaban J connectivity index is 1.61. The van der Waals surface area contributed by atoms with Crippen LogP contribution in [0, 0.1) is 0 Å². The average molecular weight is 296 g/mol. The van der Waals surface area contributed by atoms with Crippen LogP contribution in [0.2, 0.25) is 0 Å². The van der Waals surface area contributed by atoms with Crippen molar-refractivity contribution in [2.24, 2.45) is 0 Å². The first-order valence-electron chi connectivity index (χ1n) is 9.18. The third kappa shape index (κ3) is 4.94. The summed E-state index contributed by atoms with van der Waals surface area (Å²) in [5.41, 5.74) is 0. The van der Waals surface area contributed by atoms with Crippen LogP contribution in [0.15, 0.2) is 0 Å². The fourth-order valence-corrected chi connectivity index (χ4v) is 4.27. The quantitative estimate of drug-likeness (QED) is 0.697. The highest BCUT2D eigenvalue weighted by atomic mass is 16.5. The van der Waals surface area contributed by atoms with Gasteiger partial charge in [-0.05, 0) is 53.4 Å². The highest BCUT2D eigenvalue weighted by Gasteiger charge is 2.25. The molecule has 0 spiro atoms. The molecule has 4 unspecified atom stereocenters. The van der Waals surface area contributed by atoms with Crippen LogP contribution in [0.5, 0.6) is 0 Å². The monoisotopic (exact) mass is 296 g/mol. The summed E-state index contributed by atoms with van der Waals surface area (Å²) in [6.07, 6.45) is 8.20. The summed E-state index contributed by atoms with van der Waals surface area (Å²) < 4.78 is 5.95. The molecule has 0 bridgehead atoms. The maximum absolute atomic E-state index is 5.95. The van der Waals surface area contributed by atoms with Crippen LogP contribution >= 0.6 is 0 Å². The van der Waals surface area contributed by atoms with Gasteiger partial charge in [0.15, 0.2) is 0 Å². The number of rotatable bonds is 6. The molecule has 0 aromatic rings. The van der Waals surface area contributed by atoms with Gasteiger partial charge < -0.3 is 4.74 Å². The second kappa shape index (κ2) is 8.50. The van der Waals surface area contributed by atoms with Gasteiger partial charge in [-0.25, -0.2) is 0 Å². The normalized spacial score (nSPS) is 36.0. The Labute approximate surface area is 132 Å². The predicted molar refractivity (Wildman–Crippen MR) is 89.8 cm³/mol. The van der Waals surface area contributed by atoms with E-state index in [1.165, 1.54) is 38.5 Å². The Morgan fingerprint density at radius 3 is 1.33 bits per heavy atom. The minimum Gasteiger partial charge on any atom is -0.379 e. The second-order valence-corrected chi connectivity index (χ2v) is 7.35. The molecule has 0 aliphatic carbocycles. The van der Waals surface area contributed by atoms with Gasteiger partial charge in [0.1, 0.15) is 0 Å². The van der Waals surface area contributed by atoms with Crippen molar-refractivity contribution in [1.29, 1.82) is 0 Å². The van der Waals surface area contributed by atoms with Crippen LogP contribution in [0.4, 0.5) is 0 Å². The van der Waals surface area contributed by atoms with Gasteiger partial charge in [0, 0.05) is 37.3 Å². The molecule has 2 aliphatic heterocycles. The average Bonchev–Trinajstić information content (AvgIpc) is 2.44. The lowest BCUT2D eigenvalue weighted by Gasteiger charge is -2.39. The van der Waals surface area contributed by atoms with Crippen molar-refractivity contribution in [3.63, 3.8) is 0 Å². The van der Waals surface area contributed by atoms with E-state index >= 15 is 0 Å². The molecule has 2 rings (SSSR count). The van der Waals surface area contributed by atoms with E-state index in [0.29, 0.717) is 0 Å². The summed E-state index contributed by atoms with van der Waals surface area (Å²) in [6, 6.07) is 2.94. The molecule has 0 amide bonds. The zero-order valence-electron chi connectivity index (χ0n) is 14.7. The molecule has 0 radical (unpaired) electrons. The van der Waals surface area contributed by atoms with Gasteiger partial charge in [-0.1, -0.05) is 12.8 Å². The molecule has 21 heavy (non-hydrogen) atoms. The molecular weight excluding hydrogens is 260 g/mol. The number of hydrogen-bond acceptors (Lipinski definition) is 3. The van der Waals surface area contributed by atoms with Crippen LogP contribution in [0.1, 0.15) is 66.2 Å². The third-order valence-corrected chi connectivity index (χ3v) is 5.74. The minimum absolute atomic E-state index is 0.736. The number of likely N-dealkylation sites (tertiary alicyclic amines) is 2. The zero-order chi connectivity index (χ0) is 15.2. The van der Waals surface area contributed by atoms with Crippen LogP contribution in [-0.2, 0) is 4.74 Å². The molecule has 2 aliphatic rings. The van der Waals surface area contributed by atoms with Gasteiger partial charge in [0.25, 0.3) is 0 Å². The van der Waals surface area contributed by atoms with Crippen LogP contribution in [-0.4, -0.2) is 60.3 Å². The highest BCUT2D eigenvalue weighted by molar-refractivity contribution is 4.80. The van der Waals surface area contributed by atoms with Gasteiger partial charge in [-0.15, -0.1) is 0 Å². The smallest absolute Gasteiger partial charge is 0.0594 e. The first kappa shape index (κ1) is 17.2. The SMILES string of the molecule is CC1CCCC(C)N1CCOCCN1C(C)CCCC1C. The summed E-state index contributed by atoms with van der Waals surface area (Å²) in [4.78, 5) is 5.27. The van der Waals surface area contributed by atoms with Crippen molar-refractivity contribution in [3.8, 4) is 0 Å². The maximum atomic E-state index is 5.95. The van der Waals surface area contributed by atoms with E-state index in [4.69, 9.17) is 4.74 Å². The van der Waals surface area contributed by atoms with Crippen molar-refractivity contribution in [3.05, 3.63) is 0 Å². The van der Waals surface area contributed by atoms with Gasteiger partial charge in [0.2, 0.25) is 0 Å². The number of nitrogens with zero attached hydrogens (tertiary/aromatic N) is 2. The lowest BCUT2D eigenvalue weighted by molar-refractivity contribution is 0.0238. The fraction of sp³-hybridized carbons (Fsp3) is 1.00. The minimum atomic E-state index is 0.736. The van der Waals surface area contributed by atoms with Gasteiger partial charge in [0.05, 0.1) is 13.2 Å². The molecule has 2 heterocycles. The van der Waals surface area contributed by atoms with Crippen molar-refractivity contribution in [2.45, 2.75) is 90.4 Å².